The molecule has 0 bridgehead atoms. The van der Waals surface area contributed by atoms with Crippen LogP contribution in [0.2, 0.25) is 0 Å². The van der Waals surface area contributed by atoms with Crippen molar-refractivity contribution >= 4 is 21.8 Å². The predicted molar refractivity (Wildman–Crippen MR) is 154 cm³/mol. The summed E-state index contributed by atoms with van der Waals surface area (Å²) in [6, 6.07) is 4.18. The molecule has 0 aromatic heterocycles. The van der Waals surface area contributed by atoms with Crippen LogP contribution in [0.15, 0.2) is 29.2 Å². The van der Waals surface area contributed by atoms with Crippen LogP contribution in [0.3, 0.4) is 0 Å². The molecule has 5 rings (SSSR count). The molecule has 1 aromatic carbocycles. The summed E-state index contributed by atoms with van der Waals surface area (Å²) in [7, 11) is -4.13. The van der Waals surface area contributed by atoms with Gasteiger partial charge in [-0.3, -0.25) is 9.59 Å². The molecule has 4 aliphatic carbocycles. The summed E-state index contributed by atoms with van der Waals surface area (Å²) in [6.07, 6.45) is 11.5. The van der Waals surface area contributed by atoms with Gasteiger partial charge in [0.25, 0.3) is 15.9 Å². The third kappa shape index (κ3) is 5.95. The molecule has 4 fully saturated rings. The molecule has 9 atom stereocenters. The predicted octanol–water partition coefficient (Wildman–Crippen LogP) is 5.18. The van der Waals surface area contributed by atoms with Crippen molar-refractivity contribution in [1.29, 1.82) is 0 Å². The Balaban J connectivity index is 1.11. The smallest absolute Gasteiger partial charge is 0.264 e. The minimum absolute atomic E-state index is 0.115. The first-order chi connectivity index (χ1) is 19.3. The highest BCUT2D eigenvalue weighted by atomic mass is 32.2. The Morgan fingerprint density at radius 3 is 2.39 bits per heavy atom. The van der Waals surface area contributed by atoms with Crippen molar-refractivity contribution in [3.8, 4) is 0 Å². The van der Waals surface area contributed by atoms with Crippen molar-refractivity contribution < 1.29 is 27.5 Å². The van der Waals surface area contributed by atoms with Crippen LogP contribution in [0, 0.1) is 52.2 Å². The summed E-state index contributed by atoms with van der Waals surface area (Å²) in [5.41, 5.74) is 0.666. The quantitative estimate of drug-likeness (QED) is 0.386. The lowest BCUT2D eigenvalue weighted by Crippen LogP contribution is -2.54. The second-order valence-corrected chi connectivity index (χ2v) is 15.8. The highest BCUT2D eigenvalue weighted by molar-refractivity contribution is 7.90. The number of aliphatic hydroxyl groups excluding tert-OH is 1. The van der Waals surface area contributed by atoms with E-state index in [1.165, 1.54) is 38.5 Å². The summed E-state index contributed by atoms with van der Waals surface area (Å²) >= 11 is 0. The van der Waals surface area contributed by atoms with E-state index in [2.05, 4.69) is 26.1 Å². The first kappa shape index (κ1) is 30.5. The second kappa shape index (κ2) is 11.6. The fourth-order valence-corrected chi connectivity index (χ4v) is 10.9. The van der Waals surface area contributed by atoms with Crippen molar-refractivity contribution in [2.75, 3.05) is 6.54 Å². The number of hydrogen-bond acceptors (Lipinski definition) is 5. The Bertz CT molecular complexity index is 1240. The van der Waals surface area contributed by atoms with Gasteiger partial charge in [0, 0.05) is 6.42 Å². The molecule has 0 saturated heterocycles. The molecule has 0 radical (unpaired) electrons. The molecule has 2 amide bonds. The van der Waals surface area contributed by atoms with E-state index in [1.807, 2.05) is 4.72 Å². The van der Waals surface area contributed by atoms with E-state index < -0.39 is 28.3 Å². The molecule has 4 saturated carbocycles. The van der Waals surface area contributed by atoms with Gasteiger partial charge in [-0.15, -0.1) is 0 Å². The second-order valence-electron chi connectivity index (χ2n) is 14.1. The van der Waals surface area contributed by atoms with Gasteiger partial charge in [-0.05, 0) is 135 Å². The molecule has 0 unspecified atom stereocenters. The first-order valence-corrected chi connectivity index (χ1v) is 17.1. The van der Waals surface area contributed by atoms with Gasteiger partial charge in [-0.25, -0.2) is 17.5 Å². The summed E-state index contributed by atoms with van der Waals surface area (Å²) in [5.74, 6) is 2.22. The number of carbonyl (C=O) groups is 2. The van der Waals surface area contributed by atoms with Gasteiger partial charge in [0.05, 0.1) is 17.5 Å². The number of hydrogen-bond donors (Lipinski definition) is 3. The molecule has 0 spiro atoms. The number of amides is 2. The number of aliphatic hydroxyl groups is 1. The van der Waals surface area contributed by atoms with Crippen molar-refractivity contribution in [2.45, 2.75) is 102 Å². The molecular weight excluding hydrogens is 543 g/mol. The Labute approximate surface area is 244 Å². The van der Waals surface area contributed by atoms with Gasteiger partial charge in [0.15, 0.2) is 0 Å². The third-order valence-electron chi connectivity index (χ3n) is 12.0. The van der Waals surface area contributed by atoms with E-state index >= 15 is 0 Å². The van der Waals surface area contributed by atoms with E-state index in [0.717, 1.165) is 67.7 Å². The van der Waals surface area contributed by atoms with Gasteiger partial charge in [0.2, 0.25) is 5.91 Å². The number of nitrogens with one attached hydrogen (secondary N) is 2. The maximum Gasteiger partial charge on any atom is 0.264 e. The van der Waals surface area contributed by atoms with Crippen LogP contribution in [0.1, 0.15) is 91.4 Å². The maximum atomic E-state index is 13.1. The highest BCUT2D eigenvalue weighted by Gasteiger charge is 2.60. The maximum absolute atomic E-state index is 13.1. The van der Waals surface area contributed by atoms with Crippen LogP contribution in [-0.2, 0) is 19.6 Å². The SMILES string of the molecule is C[C@H](CCC(=O)NCC(=O)NS(=O)(=O)c1ccc(F)cc1)[C@H]1CC[C@H]2[C@@H]3CC[C@@H]4C[C@H](O)CC[C@]4(C)[C@H]3CC[C@]12C. The number of rotatable bonds is 8. The van der Waals surface area contributed by atoms with Crippen LogP contribution in [0.5, 0.6) is 0 Å². The zero-order chi connectivity index (χ0) is 29.6. The normalized spacial score (nSPS) is 37.3. The number of halogens is 1. The van der Waals surface area contributed by atoms with Gasteiger partial charge in [0.1, 0.15) is 5.82 Å². The van der Waals surface area contributed by atoms with E-state index in [0.29, 0.717) is 35.0 Å². The summed E-state index contributed by atoms with van der Waals surface area (Å²) in [5, 5.41) is 12.9. The minimum Gasteiger partial charge on any atom is -0.393 e. The summed E-state index contributed by atoms with van der Waals surface area (Å²) < 4.78 is 39.6. The average molecular weight is 591 g/mol. The zero-order valence-electron chi connectivity index (χ0n) is 24.7. The fraction of sp³-hybridized carbons (Fsp3) is 0.750. The summed E-state index contributed by atoms with van der Waals surface area (Å²) in [4.78, 5) is 24.6. The first-order valence-electron chi connectivity index (χ1n) is 15.6. The zero-order valence-corrected chi connectivity index (χ0v) is 25.5. The lowest BCUT2D eigenvalue weighted by Gasteiger charge is -2.61. The molecule has 0 heterocycles. The highest BCUT2D eigenvalue weighted by Crippen LogP contribution is 2.68. The number of carbonyl (C=O) groups excluding carboxylic acids is 2. The molecule has 0 aliphatic heterocycles. The Kier molecular flexibility index (Phi) is 8.61. The molecule has 1 aromatic rings. The van der Waals surface area contributed by atoms with Crippen molar-refractivity contribution in [3.05, 3.63) is 30.1 Å². The average Bonchev–Trinajstić information content (AvgIpc) is 3.28. The van der Waals surface area contributed by atoms with Gasteiger partial charge >= 0.3 is 0 Å². The van der Waals surface area contributed by atoms with Crippen LogP contribution >= 0.6 is 0 Å². The third-order valence-corrected chi connectivity index (χ3v) is 13.4. The standard InChI is InChI=1S/C32H47FN2O5S/c1-20(4-13-29(37)34-19-30(38)35-41(39,40)24-8-6-22(33)7-9-24)26-11-12-27-25-10-5-21-18-23(36)14-16-31(21,2)28(25)15-17-32(26,27)3/h6-9,20-21,23,25-28,36H,4-5,10-19H2,1-3H3,(H,34,37)(H,35,38)/t20-,21-,23-,25+,26-,27+,28+,31+,32-/m1/s1. The number of fused-ring (bicyclic) bond motifs is 5. The lowest BCUT2D eigenvalue weighted by molar-refractivity contribution is -0.130. The number of sulfonamides is 1. The largest absolute Gasteiger partial charge is 0.393 e. The lowest BCUT2D eigenvalue weighted by atomic mass is 9.44. The topological polar surface area (TPSA) is 113 Å². The van der Waals surface area contributed by atoms with Crippen LogP contribution < -0.4 is 10.0 Å². The van der Waals surface area contributed by atoms with Crippen molar-refractivity contribution in [2.24, 2.45) is 46.3 Å². The van der Waals surface area contributed by atoms with Gasteiger partial charge in [-0.1, -0.05) is 20.8 Å². The van der Waals surface area contributed by atoms with E-state index in [4.69, 9.17) is 0 Å². The molecule has 41 heavy (non-hydrogen) atoms. The molecule has 3 N–H and O–H groups in total. The van der Waals surface area contributed by atoms with Crippen LogP contribution in [0.25, 0.3) is 0 Å². The molecular formula is C32H47FN2O5S. The van der Waals surface area contributed by atoms with E-state index in [9.17, 15) is 27.5 Å². The van der Waals surface area contributed by atoms with Crippen LogP contribution in [-0.4, -0.2) is 38.0 Å². The van der Waals surface area contributed by atoms with E-state index in [1.54, 1.807) is 0 Å². The summed E-state index contributed by atoms with van der Waals surface area (Å²) in [6.45, 7) is 6.86. The monoisotopic (exact) mass is 590 g/mol. The molecule has 9 heteroatoms. The molecule has 7 nitrogen and oxygen atoms in total. The van der Waals surface area contributed by atoms with Crippen LogP contribution in [0.4, 0.5) is 4.39 Å². The van der Waals surface area contributed by atoms with E-state index in [-0.39, 0.29) is 16.9 Å². The molecule has 228 valence electrons. The Morgan fingerprint density at radius 1 is 0.976 bits per heavy atom. The van der Waals surface area contributed by atoms with Gasteiger partial charge in [-0.2, -0.15) is 0 Å². The van der Waals surface area contributed by atoms with Gasteiger partial charge < -0.3 is 10.4 Å². The Hall–Kier alpha value is -2.00. The minimum atomic E-state index is -4.13. The molecule has 4 aliphatic rings. The fourth-order valence-electron chi connectivity index (χ4n) is 9.90. The number of benzene rings is 1. The Morgan fingerprint density at radius 2 is 1.66 bits per heavy atom. The van der Waals surface area contributed by atoms with Crippen molar-refractivity contribution in [1.82, 2.24) is 10.0 Å². The van der Waals surface area contributed by atoms with Crippen molar-refractivity contribution in [3.63, 3.8) is 0 Å².